The molecule has 4 nitrogen and oxygen atoms in total. The first-order chi connectivity index (χ1) is 20.8. The number of benzene rings is 6. The fourth-order valence-corrected chi connectivity index (χ4v) is 7.26. The number of nitrogens with zero attached hydrogens (tertiary/aromatic N) is 4. The highest BCUT2D eigenvalue weighted by Crippen LogP contribution is 2.42. The van der Waals surface area contributed by atoms with Crippen molar-refractivity contribution in [1.82, 2.24) is 19.5 Å². The van der Waals surface area contributed by atoms with Gasteiger partial charge in [0.05, 0.1) is 11.0 Å². The lowest BCUT2D eigenvalue weighted by Crippen LogP contribution is -2.06. The molecule has 3 aromatic heterocycles. The Bertz CT molecular complexity index is 2400. The number of hydrogen-bond donors (Lipinski definition) is 0. The zero-order chi connectivity index (χ0) is 27.6. The molecule has 0 fully saturated rings. The number of thiophene rings is 1. The summed E-state index contributed by atoms with van der Waals surface area (Å²) < 4.78 is 4.78. The molecule has 0 N–H and O–H groups in total. The van der Waals surface area contributed by atoms with Crippen molar-refractivity contribution >= 4 is 64.1 Å². The maximum absolute atomic E-state index is 5.10. The summed E-state index contributed by atoms with van der Waals surface area (Å²) in [6, 6.07) is 46.6. The average molecular weight is 555 g/mol. The molecule has 0 saturated carbocycles. The van der Waals surface area contributed by atoms with Gasteiger partial charge in [0, 0.05) is 42.1 Å². The van der Waals surface area contributed by atoms with Gasteiger partial charge in [-0.25, -0.2) is 4.98 Å². The molecule has 6 aromatic carbocycles. The van der Waals surface area contributed by atoms with Gasteiger partial charge in [0.1, 0.15) is 0 Å². The van der Waals surface area contributed by atoms with E-state index in [0.717, 1.165) is 22.2 Å². The molecule has 0 amide bonds. The van der Waals surface area contributed by atoms with E-state index < -0.39 is 0 Å². The molecule has 196 valence electrons. The van der Waals surface area contributed by atoms with E-state index in [1.165, 1.54) is 41.7 Å². The second-order valence-electron chi connectivity index (χ2n) is 10.5. The number of para-hydroxylation sites is 1. The molecule has 0 radical (unpaired) electrons. The Morgan fingerprint density at radius 1 is 0.452 bits per heavy atom. The standard InChI is InChI=1S/C37H22N4S/c1-3-12-24(13-4-1)35-38-36(25-14-5-2-6-15-25)40-37(39-35)41-30-18-10-9-17-27(30)28-22-33-29(21-31(28)41)34-26-16-8-7-11-23(26)19-20-32(34)42-33/h1-22H. The first-order valence-electron chi connectivity index (χ1n) is 14.0. The molecule has 5 heteroatoms. The second kappa shape index (κ2) is 9.06. The van der Waals surface area contributed by atoms with Crippen molar-refractivity contribution in [3.8, 4) is 28.7 Å². The van der Waals surface area contributed by atoms with Gasteiger partial charge in [-0.2, -0.15) is 9.97 Å². The van der Waals surface area contributed by atoms with E-state index >= 15 is 0 Å². The predicted molar refractivity (Wildman–Crippen MR) is 175 cm³/mol. The van der Waals surface area contributed by atoms with Crippen LogP contribution in [0, 0.1) is 0 Å². The number of hydrogen-bond acceptors (Lipinski definition) is 4. The minimum Gasteiger partial charge on any atom is -0.278 e. The van der Waals surface area contributed by atoms with Gasteiger partial charge in [0.15, 0.2) is 11.6 Å². The maximum Gasteiger partial charge on any atom is 0.238 e. The summed E-state index contributed by atoms with van der Waals surface area (Å²) in [5.41, 5.74) is 4.07. The first-order valence-corrected chi connectivity index (χ1v) is 14.8. The van der Waals surface area contributed by atoms with Gasteiger partial charge >= 0.3 is 0 Å². The molecule has 0 bridgehead atoms. The van der Waals surface area contributed by atoms with Crippen molar-refractivity contribution in [3.63, 3.8) is 0 Å². The van der Waals surface area contributed by atoms with Crippen molar-refractivity contribution in [2.45, 2.75) is 0 Å². The Labute approximate surface area is 245 Å². The van der Waals surface area contributed by atoms with Crippen molar-refractivity contribution in [3.05, 3.63) is 133 Å². The fraction of sp³-hybridized carbons (Fsp3) is 0. The van der Waals surface area contributed by atoms with Gasteiger partial charge in [-0.3, -0.25) is 4.57 Å². The summed E-state index contributed by atoms with van der Waals surface area (Å²) in [6.45, 7) is 0. The Hall–Kier alpha value is -5.39. The molecule has 0 aliphatic carbocycles. The van der Waals surface area contributed by atoms with E-state index in [1.54, 1.807) is 0 Å². The van der Waals surface area contributed by atoms with Crippen molar-refractivity contribution in [1.29, 1.82) is 0 Å². The summed E-state index contributed by atoms with van der Waals surface area (Å²) in [5, 5.41) is 7.46. The molecule has 9 aromatic rings. The van der Waals surface area contributed by atoms with Gasteiger partial charge in [-0.1, -0.05) is 109 Å². The third-order valence-corrected chi connectivity index (χ3v) is 9.16. The summed E-state index contributed by atoms with van der Waals surface area (Å²) in [4.78, 5) is 15.1. The number of rotatable bonds is 3. The van der Waals surface area contributed by atoms with Crippen LogP contribution in [0.2, 0.25) is 0 Å². The second-order valence-corrected chi connectivity index (χ2v) is 11.6. The van der Waals surface area contributed by atoms with E-state index in [9.17, 15) is 0 Å². The third-order valence-electron chi connectivity index (χ3n) is 8.04. The Kier molecular flexibility index (Phi) is 5.03. The van der Waals surface area contributed by atoms with Gasteiger partial charge < -0.3 is 0 Å². The quantitative estimate of drug-likeness (QED) is 0.218. The van der Waals surface area contributed by atoms with Crippen molar-refractivity contribution in [2.24, 2.45) is 0 Å². The first kappa shape index (κ1) is 23.3. The van der Waals surface area contributed by atoms with Crippen LogP contribution in [0.3, 0.4) is 0 Å². The molecule has 0 spiro atoms. The Balaban J connectivity index is 1.41. The van der Waals surface area contributed by atoms with Crippen LogP contribution in [0.1, 0.15) is 0 Å². The van der Waals surface area contributed by atoms with Crippen LogP contribution in [0.5, 0.6) is 0 Å². The lowest BCUT2D eigenvalue weighted by atomic mass is 10.0. The molecule has 9 rings (SSSR count). The highest BCUT2D eigenvalue weighted by molar-refractivity contribution is 7.26. The summed E-state index contributed by atoms with van der Waals surface area (Å²) >= 11 is 1.85. The minimum absolute atomic E-state index is 0.609. The topological polar surface area (TPSA) is 43.6 Å². The van der Waals surface area contributed by atoms with Gasteiger partial charge in [0.2, 0.25) is 5.95 Å². The summed E-state index contributed by atoms with van der Waals surface area (Å²) in [7, 11) is 0. The highest BCUT2D eigenvalue weighted by Gasteiger charge is 2.19. The van der Waals surface area contributed by atoms with Crippen LogP contribution in [-0.2, 0) is 0 Å². The predicted octanol–water partition coefficient (Wildman–Crippen LogP) is 9.82. The zero-order valence-corrected chi connectivity index (χ0v) is 23.2. The zero-order valence-electron chi connectivity index (χ0n) is 22.4. The number of fused-ring (bicyclic) bond motifs is 8. The highest BCUT2D eigenvalue weighted by atomic mass is 32.1. The summed E-state index contributed by atoms with van der Waals surface area (Å²) in [6.07, 6.45) is 0. The molecule has 0 saturated heterocycles. The fourth-order valence-electron chi connectivity index (χ4n) is 6.12. The Morgan fingerprint density at radius 2 is 1.10 bits per heavy atom. The number of aromatic nitrogens is 4. The Morgan fingerprint density at radius 3 is 1.83 bits per heavy atom. The van der Waals surface area contributed by atoms with Crippen LogP contribution in [-0.4, -0.2) is 19.5 Å². The van der Waals surface area contributed by atoms with E-state index in [1.807, 2.05) is 72.0 Å². The molecule has 0 unspecified atom stereocenters. The van der Waals surface area contributed by atoms with E-state index in [-0.39, 0.29) is 0 Å². The smallest absolute Gasteiger partial charge is 0.238 e. The monoisotopic (exact) mass is 554 g/mol. The van der Waals surface area contributed by atoms with E-state index in [0.29, 0.717) is 17.6 Å². The van der Waals surface area contributed by atoms with Crippen LogP contribution in [0.15, 0.2) is 133 Å². The largest absolute Gasteiger partial charge is 0.278 e. The lowest BCUT2D eigenvalue weighted by Gasteiger charge is -2.11. The maximum atomic E-state index is 5.10. The van der Waals surface area contributed by atoms with E-state index in [4.69, 9.17) is 15.0 Å². The third kappa shape index (κ3) is 3.51. The van der Waals surface area contributed by atoms with Crippen LogP contribution < -0.4 is 0 Å². The van der Waals surface area contributed by atoms with Crippen LogP contribution in [0.4, 0.5) is 0 Å². The van der Waals surface area contributed by atoms with Crippen LogP contribution in [0.25, 0.3) is 81.5 Å². The molecule has 0 atom stereocenters. The van der Waals surface area contributed by atoms with Crippen LogP contribution >= 0.6 is 11.3 Å². The summed E-state index contributed by atoms with van der Waals surface area (Å²) in [5.74, 6) is 1.91. The average Bonchev–Trinajstić information content (AvgIpc) is 3.59. The molecular weight excluding hydrogens is 533 g/mol. The van der Waals surface area contributed by atoms with Gasteiger partial charge in [0.25, 0.3) is 0 Å². The normalized spacial score (nSPS) is 11.8. The van der Waals surface area contributed by atoms with E-state index in [2.05, 4.69) is 77.4 Å². The van der Waals surface area contributed by atoms with Gasteiger partial charge in [-0.15, -0.1) is 11.3 Å². The molecule has 0 aliphatic rings. The molecule has 3 heterocycles. The molecule has 42 heavy (non-hydrogen) atoms. The lowest BCUT2D eigenvalue weighted by molar-refractivity contribution is 0.954. The molecule has 0 aliphatic heterocycles. The van der Waals surface area contributed by atoms with Crippen molar-refractivity contribution in [2.75, 3.05) is 0 Å². The van der Waals surface area contributed by atoms with Gasteiger partial charge in [-0.05, 0) is 35.0 Å². The SMILES string of the molecule is c1ccc(-c2nc(-c3ccccc3)nc(-n3c4ccccc4c4cc5sc6ccc7ccccc7c6c5cc43)n2)cc1. The minimum atomic E-state index is 0.609. The molecular formula is C37H22N4S. The van der Waals surface area contributed by atoms with Crippen molar-refractivity contribution < 1.29 is 0 Å².